The second kappa shape index (κ2) is 2.80. The molecule has 3 aliphatic rings. The molecule has 1 saturated heterocycles. The van der Waals surface area contributed by atoms with Gasteiger partial charge in [-0.15, -0.1) is 0 Å². The number of hydrogen-bond acceptors (Lipinski definition) is 4. The van der Waals surface area contributed by atoms with E-state index in [1.54, 1.807) is 18.2 Å². The highest BCUT2D eigenvalue weighted by Gasteiger charge is 2.59. The second-order valence-corrected chi connectivity index (χ2v) is 4.50. The Morgan fingerprint density at radius 1 is 1.06 bits per heavy atom. The van der Waals surface area contributed by atoms with Gasteiger partial charge < -0.3 is 9.47 Å². The first-order valence-electron chi connectivity index (χ1n) is 5.53. The van der Waals surface area contributed by atoms with Crippen LogP contribution in [0.5, 0.6) is 11.5 Å². The Hall–Kier alpha value is -2.04. The maximum atomic E-state index is 11.9. The molecule has 0 spiro atoms. The number of benzene rings is 1. The number of nitrogens with zero attached hydrogens (tertiary/aromatic N) is 1. The van der Waals surface area contributed by atoms with E-state index in [0.29, 0.717) is 17.2 Å². The van der Waals surface area contributed by atoms with Gasteiger partial charge in [0.15, 0.2) is 11.5 Å². The van der Waals surface area contributed by atoms with E-state index < -0.39 is 0 Å². The molecule has 1 aromatic rings. The third-order valence-electron chi connectivity index (χ3n) is 3.48. The summed E-state index contributed by atoms with van der Waals surface area (Å²) in [5, 5.41) is 0. The monoisotopic (exact) mass is 231 g/mol. The van der Waals surface area contributed by atoms with E-state index in [-0.39, 0.29) is 30.4 Å². The summed E-state index contributed by atoms with van der Waals surface area (Å²) < 4.78 is 10.4. The first-order valence-corrected chi connectivity index (χ1v) is 5.53. The van der Waals surface area contributed by atoms with Crippen molar-refractivity contribution in [1.29, 1.82) is 0 Å². The van der Waals surface area contributed by atoms with Crippen molar-refractivity contribution >= 4 is 17.5 Å². The van der Waals surface area contributed by atoms with Crippen molar-refractivity contribution in [2.75, 3.05) is 11.7 Å². The maximum Gasteiger partial charge on any atom is 0.237 e. The van der Waals surface area contributed by atoms with Crippen LogP contribution in [0, 0.1) is 11.8 Å². The zero-order valence-corrected chi connectivity index (χ0v) is 8.88. The van der Waals surface area contributed by atoms with Crippen LogP contribution >= 0.6 is 0 Å². The Balaban J connectivity index is 1.75. The van der Waals surface area contributed by atoms with E-state index >= 15 is 0 Å². The molecule has 2 unspecified atom stereocenters. The van der Waals surface area contributed by atoms with Crippen LogP contribution in [0.15, 0.2) is 18.2 Å². The average Bonchev–Trinajstić information content (AvgIpc) is 2.93. The molecule has 0 aromatic heterocycles. The topological polar surface area (TPSA) is 55.8 Å². The van der Waals surface area contributed by atoms with Crippen LogP contribution in [0.2, 0.25) is 0 Å². The molecule has 86 valence electrons. The Morgan fingerprint density at radius 3 is 2.53 bits per heavy atom. The van der Waals surface area contributed by atoms with Crippen LogP contribution in [0.4, 0.5) is 5.69 Å². The fraction of sp³-hybridized carbons (Fsp3) is 0.333. The number of hydrogen-bond donors (Lipinski definition) is 0. The van der Waals surface area contributed by atoms with Crippen LogP contribution in [-0.2, 0) is 9.59 Å². The lowest BCUT2D eigenvalue weighted by Crippen LogP contribution is -2.32. The van der Waals surface area contributed by atoms with Gasteiger partial charge in [0.25, 0.3) is 0 Å². The third-order valence-corrected chi connectivity index (χ3v) is 3.48. The fourth-order valence-corrected chi connectivity index (χ4v) is 2.46. The lowest BCUT2D eigenvalue weighted by atomic mass is 10.2. The van der Waals surface area contributed by atoms with E-state index in [9.17, 15) is 9.59 Å². The number of carbonyl (C=O) groups is 2. The highest BCUT2D eigenvalue weighted by atomic mass is 16.7. The van der Waals surface area contributed by atoms with Gasteiger partial charge in [-0.3, -0.25) is 9.59 Å². The summed E-state index contributed by atoms with van der Waals surface area (Å²) in [5.41, 5.74) is 0.580. The number of amides is 2. The largest absolute Gasteiger partial charge is 0.454 e. The molecule has 0 radical (unpaired) electrons. The number of carbonyl (C=O) groups excluding carboxylic acids is 2. The summed E-state index contributed by atoms with van der Waals surface area (Å²) in [6, 6.07) is 5.12. The lowest BCUT2D eigenvalue weighted by Gasteiger charge is -2.16. The molecular formula is C12H9NO4. The van der Waals surface area contributed by atoms with Crippen molar-refractivity contribution in [2.45, 2.75) is 6.42 Å². The summed E-state index contributed by atoms with van der Waals surface area (Å²) in [7, 11) is 0. The van der Waals surface area contributed by atoms with Gasteiger partial charge >= 0.3 is 0 Å². The molecule has 2 aliphatic heterocycles. The van der Waals surface area contributed by atoms with Crippen molar-refractivity contribution in [3.63, 3.8) is 0 Å². The second-order valence-electron chi connectivity index (χ2n) is 4.50. The lowest BCUT2D eigenvalue weighted by molar-refractivity contribution is -0.123. The SMILES string of the molecule is O=C1C2CC2C(=O)N1c1ccc2c(c1)OCO2. The smallest absolute Gasteiger partial charge is 0.237 e. The van der Waals surface area contributed by atoms with Crippen LogP contribution in [0.3, 0.4) is 0 Å². The van der Waals surface area contributed by atoms with Crippen molar-refractivity contribution in [1.82, 2.24) is 0 Å². The van der Waals surface area contributed by atoms with E-state index in [0.717, 1.165) is 6.42 Å². The van der Waals surface area contributed by atoms with Crippen molar-refractivity contribution in [3.8, 4) is 11.5 Å². The number of rotatable bonds is 1. The third kappa shape index (κ3) is 1.08. The van der Waals surface area contributed by atoms with Gasteiger partial charge in [-0.2, -0.15) is 0 Å². The molecule has 2 atom stereocenters. The summed E-state index contributed by atoms with van der Waals surface area (Å²) in [6.45, 7) is 0.186. The summed E-state index contributed by atoms with van der Waals surface area (Å²) in [6.07, 6.45) is 0.721. The van der Waals surface area contributed by atoms with Crippen molar-refractivity contribution in [3.05, 3.63) is 18.2 Å². The molecule has 0 N–H and O–H groups in total. The minimum absolute atomic E-state index is 0.0760. The molecule has 0 bridgehead atoms. The summed E-state index contributed by atoms with van der Waals surface area (Å²) in [5.74, 6) is 0.917. The molecular weight excluding hydrogens is 222 g/mol. The Labute approximate surface area is 96.9 Å². The first-order chi connectivity index (χ1) is 8.25. The molecule has 1 aromatic carbocycles. The molecule has 2 heterocycles. The van der Waals surface area contributed by atoms with E-state index in [4.69, 9.17) is 9.47 Å². The van der Waals surface area contributed by atoms with Gasteiger partial charge in [0.2, 0.25) is 18.6 Å². The first kappa shape index (κ1) is 9.04. The summed E-state index contributed by atoms with van der Waals surface area (Å²) in [4.78, 5) is 25.0. The normalized spacial score (nSPS) is 28.6. The van der Waals surface area contributed by atoms with Gasteiger partial charge in [0, 0.05) is 6.07 Å². The van der Waals surface area contributed by atoms with Gasteiger partial charge in [0.05, 0.1) is 17.5 Å². The number of ether oxygens (including phenoxy) is 2. The molecule has 1 aliphatic carbocycles. The zero-order valence-electron chi connectivity index (χ0n) is 8.88. The van der Waals surface area contributed by atoms with Gasteiger partial charge in [-0.05, 0) is 18.6 Å². The molecule has 1 saturated carbocycles. The van der Waals surface area contributed by atoms with Crippen molar-refractivity contribution < 1.29 is 19.1 Å². The zero-order chi connectivity index (χ0) is 11.6. The Bertz CT molecular complexity index is 533. The molecule has 2 amide bonds. The highest BCUT2D eigenvalue weighted by Crippen LogP contribution is 2.49. The predicted octanol–water partition coefficient (Wildman–Crippen LogP) is 0.925. The number of imide groups is 1. The Kier molecular flexibility index (Phi) is 1.49. The number of anilines is 1. The maximum absolute atomic E-state index is 11.9. The predicted molar refractivity (Wildman–Crippen MR) is 56.7 cm³/mol. The highest BCUT2D eigenvalue weighted by molar-refractivity contribution is 6.24. The standard InChI is InChI=1S/C12H9NO4/c14-11-7-4-8(7)12(15)13(11)6-1-2-9-10(3-6)17-5-16-9/h1-3,7-8H,4-5H2. The van der Waals surface area contributed by atoms with Gasteiger partial charge in [-0.1, -0.05) is 0 Å². The van der Waals surface area contributed by atoms with Crippen LogP contribution in [0.25, 0.3) is 0 Å². The van der Waals surface area contributed by atoms with Crippen LogP contribution in [0.1, 0.15) is 6.42 Å². The van der Waals surface area contributed by atoms with Gasteiger partial charge in [0.1, 0.15) is 0 Å². The number of fused-ring (bicyclic) bond motifs is 2. The van der Waals surface area contributed by atoms with E-state index in [1.807, 2.05) is 0 Å². The van der Waals surface area contributed by atoms with E-state index in [2.05, 4.69) is 0 Å². The molecule has 5 nitrogen and oxygen atoms in total. The molecule has 5 heteroatoms. The Morgan fingerprint density at radius 2 is 1.76 bits per heavy atom. The van der Waals surface area contributed by atoms with Crippen molar-refractivity contribution in [2.24, 2.45) is 11.8 Å². The van der Waals surface area contributed by atoms with Crippen LogP contribution < -0.4 is 14.4 Å². The minimum atomic E-state index is -0.0844. The number of piperidine rings is 1. The van der Waals surface area contributed by atoms with Crippen LogP contribution in [-0.4, -0.2) is 18.6 Å². The fourth-order valence-electron chi connectivity index (χ4n) is 2.46. The minimum Gasteiger partial charge on any atom is -0.454 e. The quantitative estimate of drug-likeness (QED) is 0.674. The molecule has 2 fully saturated rings. The summed E-state index contributed by atoms with van der Waals surface area (Å²) >= 11 is 0. The average molecular weight is 231 g/mol. The van der Waals surface area contributed by atoms with E-state index in [1.165, 1.54) is 4.90 Å². The molecule has 4 rings (SSSR count). The molecule has 17 heavy (non-hydrogen) atoms. The van der Waals surface area contributed by atoms with Gasteiger partial charge in [-0.25, -0.2) is 4.90 Å².